The van der Waals surface area contributed by atoms with Crippen molar-refractivity contribution in [3.63, 3.8) is 0 Å². The summed E-state index contributed by atoms with van der Waals surface area (Å²) in [6.07, 6.45) is 6.58. The third-order valence-electron chi connectivity index (χ3n) is 6.78. The van der Waals surface area contributed by atoms with E-state index in [0.29, 0.717) is 37.8 Å². The zero-order valence-corrected chi connectivity index (χ0v) is 23.7. The first-order valence-electron chi connectivity index (χ1n) is 13.7. The molecule has 0 saturated carbocycles. The molecule has 0 spiro atoms. The van der Waals surface area contributed by atoms with E-state index in [1.165, 1.54) is 5.56 Å². The van der Waals surface area contributed by atoms with Gasteiger partial charge < -0.3 is 14.6 Å². The number of aryl methyl sites for hydroxylation is 1. The number of nitrogens with one attached hydrogen (secondary N) is 1. The van der Waals surface area contributed by atoms with E-state index in [0.717, 1.165) is 39.7 Å². The largest absolute Gasteiger partial charge is 0.466 e. The van der Waals surface area contributed by atoms with Crippen LogP contribution in [0.5, 0.6) is 0 Å². The van der Waals surface area contributed by atoms with Gasteiger partial charge in [0.15, 0.2) is 0 Å². The van der Waals surface area contributed by atoms with Crippen molar-refractivity contribution in [3.8, 4) is 0 Å². The maximum Gasteiger partial charge on any atom is 0.307 e. The molecular formula is C32H32ClN5O3. The Bertz CT molecular complexity index is 1690. The Labute approximate surface area is 243 Å². The van der Waals surface area contributed by atoms with Crippen molar-refractivity contribution in [2.45, 2.75) is 45.9 Å². The van der Waals surface area contributed by atoms with E-state index >= 15 is 0 Å². The number of carbonyl (C=O) groups excluding carboxylic acids is 1. The molecule has 0 radical (unpaired) electrons. The number of pyridine rings is 2. The molecule has 3 aromatic heterocycles. The van der Waals surface area contributed by atoms with Gasteiger partial charge in [0.25, 0.3) is 5.56 Å². The molecule has 2 aromatic carbocycles. The van der Waals surface area contributed by atoms with Gasteiger partial charge in [-0.05, 0) is 59.9 Å². The normalized spacial score (nSPS) is 11.2. The molecule has 9 heteroatoms. The van der Waals surface area contributed by atoms with Crippen molar-refractivity contribution in [1.29, 1.82) is 0 Å². The molecule has 0 saturated heterocycles. The van der Waals surface area contributed by atoms with Gasteiger partial charge in [-0.25, -0.2) is 0 Å². The Hall–Kier alpha value is -4.27. The fraction of sp³-hybridized carbons (Fsp3) is 0.250. The van der Waals surface area contributed by atoms with Crippen LogP contribution in [0.25, 0.3) is 10.9 Å². The van der Waals surface area contributed by atoms with Crippen LogP contribution in [0.4, 0.5) is 0 Å². The second kappa shape index (κ2) is 13.4. The highest BCUT2D eigenvalue weighted by Gasteiger charge is 2.13. The molecule has 41 heavy (non-hydrogen) atoms. The van der Waals surface area contributed by atoms with Gasteiger partial charge >= 0.3 is 5.97 Å². The summed E-state index contributed by atoms with van der Waals surface area (Å²) in [7, 11) is 0. The number of esters is 1. The van der Waals surface area contributed by atoms with Gasteiger partial charge in [0.1, 0.15) is 0 Å². The van der Waals surface area contributed by atoms with Crippen LogP contribution in [-0.2, 0) is 42.1 Å². The average molecular weight is 570 g/mol. The van der Waals surface area contributed by atoms with Crippen LogP contribution in [0.1, 0.15) is 41.3 Å². The number of nitrogens with zero attached hydrogens (tertiary/aromatic N) is 4. The number of aromatic nitrogens is 4. The maximum atomic E-state index is 12.0. The number of rotatable bonds is 12. The van der Waals surface area contributed by atoms with Gasteiger partial charge in [0.2, 0.25) is 0 Å². The van der Waals surface area contributed by atoms with Crippen molar-refractivity contribution in [3.05, 3.63) is 129 Å². The van der Waals surface area contributed by atoms with E-state index in [1.807, 2.05) is 41.3 Å². The number of ether oxygens (including phenoxy) is 1. The van der Waals surface area contributed by atoms with E-state index in [1.54, 1.807) is 29.8 Å². The average Bonchev–Trinajstić information content (AvgIpc) is 3.31. The first kappa shape index (κ1) is 28.3. The predicted molar refractivity (Wildman–Crippen MR) is 160 cm³/mol. The number of fused-ring (bicyclic) bond motifs is 1. The summed E-state index contributed by atoms with van der Waals surface area (Å²) in [4.78, 5) is 28.3. The second-order valence-electron chi connectivity index (χ2n) is 9.85. The minimum absolute atomic E-state index is 0.00703. The van der Waals surface area contributed by atoms with Crippen LogP contribution in [0.15, 0.2) is 90.1 Å². The minimum atomic E-state index is -0.239. The Morgan fingerprint density at radius 3 is 2.56 bits per heavy atom. The molecule has 210 valence electrons. The molecule has 8 nitrogen and oxygen atoms in total. The van der Waals surface area contributed by atoms with E-state index in [2.05, 4.69) is 40.6 Å². The fourth-order valence-corrected chi connectivity index (χ4v) is 4.97. The molecular weight excluding hydrogens is 538 g/mol. The Balaban J connectivity index is 1.20. The lowest BCUT2D eigenvalue weighted by atomic mass is 10.0. The number of benzene rings is 2. The maximum absolute atomic E-state index is 12.0. The molecule has 5 rings (SSSR count). The van der Waals surface area contributed by atoms with Crippen molar-refractivity contribution in [2.24, 2.45) is 0 Å². The quantitative estimate of drug-likeness (QED) is 0.210. The summed E-state index contributed by atoms with van der Waals surface area (Å²) in [5.74, 6) is -0.239. The zero-order valence-electron chi connectivity index (χ0n) is 22.9. The van der Waals surface area contributed by atoms with Crippen LogP contribution >= 0.6 is 11.6 Å². The number of hydrogen-bond donors (Lipinski definition) is 1. The van der Waals surface area contributed by atoms with Crippen molar-refractivity contribution < 1.29 is 9.53 Å². The van der Waals surface area contributed by atoms with E-state index < -0.39 is 0 Å². The highest BCUT2D eigenvalue weighted by Crippen LogP contribution is 2.23. The summed E-state index contributed by atoms with van der Waals surface area (Å²) in [5.41, 5.74) is 6.25. The monoisotopic (exact) mass is 569 g/mol. The number of hydrogen-bond acceptors (Lipinski definition) is 6. The molecule has 0 aliphatic heterocycles. The molecule has 0 atom stereocenters. The standard InChI is InChI=1S/C32H32ClN5O3/c1-2-41-32(40)12-14-38-30-11-10-27(33)17-28(30)29(36-38)21-35-20-26-16-25(18-34-19-26)15-23-6-8-24(9-7-23)22-37-13-4-3-5-31(37)39/h3-11,13,16-19,35H,2,12,14-15,20-22H2,1H3. The van der Waals surface area contributed by atoms with E-state index in [4.69, 9.17) is 21.4 Å². The van der Waals surface area contributed by atoms with Gasteiger partial charge in [-0.1, -0.05) is 48.0 Å². The van der Waals surface area contributed by atoms with Gasteiger partial charge in [0.05, 0.1) is 37.3 Å². The second-order valence-corrected chi connectivity index (χ2v) is 10.3. The summed E-state index contributed by atoms with van der Waals surface area (Å²) in [5, 5.41) is 9.84. The highest BCUT2D eigenvalue weighted by molar-refractivity contribution is 6.31. The lowest BCUT2D eigenvalue weighted by molar-refractivity contribution is -0.143. The first-order chi connectivity index (χ1) is 20.0. The van der Waals surface area contributed by atoms with E-state index in [9.17, 15) is 9.59 Å². The summed E-state index contributed by atoms with van der Waals surface area (Å²) in [6, 6.07) is 21.3. The molecule has 1 N–H and O–H groups in total. The molecule has 3 heterocycles. The molecule has 5 aromatic rings. The Morgan fingerprint density at radius 1 is 0.951 bits per heavy atom. The third kappa shape index (κ3) is 7.48. The van der Waals surface area contributed by atoms with E-state index in [-0.39, 0.29) is 17.9 Å². The van der Waals surface area contributed by atoms with Crippen LogP contribution in [0.3, 0.4) is 0 Å². The Kier molecular flexibility index (Phi) is 9.23. The molecule has 0 bridgehead atoms. The number of halogens is 1. The van der Waals surface area contributed by atoms with Gasteiger partial charge in [0, 0.05) is 48.2 Å². The topological polar surface area (TPSA) is 91.0 Å². The summed E-state index contributed by atoms with van der Waals surface area (Å²) < 4.78 is 8.60. The zero-order chi connectivity index (χ0) is 28.6. The lowest BCUT2D eigenvalue weighted by Gasteiger charge is -2.08. The summed E-state index contributed by atoms with van der Waals surface area (Å²) >= 11 is 6.28. The molecule has 0 unspecified atom stereocenters. The smallest absolute Gasteiger partial charge is 0.307 e. The summed E-state index contributed by atoms with van der Waals surface area (Å²) in [6.45, 7) is 4.32. The lowest BCUT2D eigenvalue weighted by Crippen LogP contribution is -2.18. The highest BCUT2D eigenvalue weighted by atomic mass is 35.5. The van der Waals surface area contributed by atoms with Crippen molar-refractivity contribution >= 4 is 28.5 Å². The van der Waals surface area contributed by atoms with Crippen LogP contribution in [-0.4, -0.2) is 31.9 Å². The SMILES string of the molecule is CCOC(=O)CCn1nc(CNCc2cncc(Cc3ccc(Cn4ccccc4=O)cc3)c2)c2cc(Cl)ccc21. The van der Waals surface area contributed by atoms with Gasteiger partial charge in [-0.2, -0.15) is 5.10 Å². The predicted octanol–water partition coefficient (Wildman–Crippen LogP) is 5.13. The van der Waals surface area contributed by atoms with Crippen molar-refractivity contribution in [2.75, 3.05) is 6.61 Å². The fourth-order valence-electron chi connectivity index (χ4n) is 4.80. The third-order valence-corrected chi connectivity index (χ3v) is 7.01. The van der Waals surface area contributed by atoms with Crippen LogP contribution < -0.4 is 10.9 Å². The first-order valence-corrected chi connectivity index (χ1v) is 14.0. The molecule has 0 fully saturated rings. The molecule has 0 aliphatic carbocycles. The van der Waals surface area contributed by atoms with Crippen molar-refractivity contribution in [1.82, 2.24) is 24.6 Å². The van der Waals surface area contributed by atoms with Gasteiger partial charge in [-0.15, -0.1) is 0 Å². The van der Waals surface area contributed by atoms with Gasteiger partial charge in [-0.3, -0.25) is 19.3 Å². The van der Waals surface area contributed by atoms with Crippen LogP contribution in [0, 0.1) is 0 Å². The molecule has 0 aliphatic rings. The van der Waals surface area contributed by atoms with Crippen LogP contribution in [0.2, 0.25) is 5.02 Å². The minimum Gasteiger partial charge on any atom is -0.466 e. The molecule has 0 amide bonds. The Morgan fingerprint density at radius 2 is 1.76 bits per heavy atom. The number of carbonyl (C=O) groups is 1.